The Hall–Kier alpha value is -1.63. The van der Waals surface area contributed by atoms with Crippen molar-refractivity contribution in [2.45, 2.75) is 115 Å². The summed E-state index contributed by atoms with van der Waals surface area (Å²) in [7, 11) is 0. The van der Waals surface area contributed by atoms with Gasteiger partial charge in [0.05, 0.1) is 0 Å². The lowest BCUT2D eigenvalue weighted by atomic mass is 9.83. The second-order valence-electron chi connectivity index (χ2n) is 8.01. The van der Waals surface area contributed by atoms with Gasteiger partial charge in [-0.1, -0.05) is 103 Å². The van der Waals surface area contributed by atoms with Crippen molar-refractivity contribution in [3.8, 4) is 0 Å². The third-order valence-electron chi connectivity index (χ3n) is 5.55. The van der Waals surface area contributed by atoms with E-state index >= 15 is 0 Å². The highest BCUT2D eigenvalue weighted by atomic mass is 16.5. The highest BCUT2D eigenvalue weighted by Crippen LogP contribution is 2.25. The van der Waals surface area contributed by atoms with Crippen LogP contribution in [0.5, 0.6) is 0 Å². The molecule has 0 aliphatic carbocycles. The van der Waals surface area contributed by atoms with Crippen LogP contribution in [0.25, 0.3) is 0 Å². The van der Waals surface area contributed by atoms with E-state index in [1.807, 2.05) is 0 Å². The van der Waals surface area contributed by atoms with Gasteiger partial charge in [0, 0.05) is 0 Å². The molecule has 1 atom stereocenters. The number of unbranched alkanes of at least 4 members (excludes halogenated alkanes) is 14. The molecule has 29 heavy (non-hydrogen) atoms. The molecule has 0 fully saturated rings. The fraction of sp³-hybridized carbons (Fsp3) is 0.864. The average Bonchev–Trinajstić information content (AvgIpc) is 2.66. The molecule has 0 rings (SSSR count). The minimum absolute atomic E-state index is 0.178. The minimum atomic E-state index is -3.29. The molecular weight excluding hydrogens is 376 g/mol. The summed E-state index contributed by atoms with van der Waals surface area (Å²) in [4.78, 5) is 33.4. The first-order chi connectivity index (χ1) is 13.8. The van der Waals surface area contributed by atoms with Gasteiger partial charge in [0.25, 0.3) is 5.60 Å². The molecule has 170 valence electrons. The van der Waals surface area contributed by atoms with Gasteiger partial charge < -0.3 is 20.4 Å². The highest BCUT2D eigenvalue weighted by Gasteiger charge is 2.54. The van der Waals surface area contributed by atoms with Crippen LogP contribution in [0.1, 0.15) is 110 Å². The van der Waals surface area contributed by atoms with Crippen LogP contribution in [0.4, 0.5) is 0 Å². The number of hydrogen-bond donors (Lipinski definition) is 4. The minimum Gasteiger partial charge on any atom is -0.481 e. The fourth-order valence-corrected chi connectivity index (χ4v) is 3.62. The van der Waals surface area contributed by atoms with E-state index in [2.05, 4.69) is 6.92 Å². The lowest BCUT2D eigenvalue weighted by molar-refractivity contribution is -0.189. The van der Waals surface area contributed by atoms with Crippen molar-refractivity contribution < 1.29 is 34.8 Å². The molecule has 0 bridgehead atoms. The topological polar surface area (TPSA) is 132 Å². The number of carboxylic acid groups (broad SMARTS) is 3. The van der Waals surface area contributed by atoms with Crippen molar-refractivity contribution in [2.75, 3.05) is 0 Å². The Bertz CT molecular complexity index is 462. The number of aliphatic hydroxyl groups is 1. The van der Waals surface area contributed by atoms with E-state index in [1.54, 1.807) is 0 Å². The summed E-state index contributed by atoms with van der Waals surface area (Å²) >= 11 is 0. The zero-order chi connectivity index (χ0) is 22.1. The van der Waals surface area contributed by atoms with Gasteiger partial charge in [-0.05, 0) is 6.42 Å². The van der Waals surface area contributed by atoms with Gasteiger partial charge in [-0.3, -0.25) is 4.79 Å². The van der Waals surface area contributed by atoms with Gasteiger partial charge in [-0.15, -0.1) is 0 Å². The van der Waals surface area contributed by atoms with Gasteiger partial charge >= 0.3 is 17.9 Å². The van der Waals surface area contributed by atoms with E-state index in [-0.39, 0.29) is 6.42 Å². The summed E-state index contributed by atoms with van der Waals surface area (Å²) < 4.78 is 0. The number of aliphatic carboxylic acids is 3. The normalized spacial score (nSPS) is 12.6. The maximum absolute atomic E-state index is 11.2. The third-order valence-corrected chi connectivity index (χ3v) is 5.55. The monoisotopic (exact) mass is 416 g/mol. The molecule has 0 aliphatic heterocycles. The van der Waals surface area contributed by atoms with Crippen LogP contribution in [-0.4, -0.2) is 43.9 Å². The summed E-state index contributed by atoms with van der Waals surface area (Å²) in [5.41, 5.74) is -3.29. The van der Waals surface area contributed by atoms with E-state index in [9.17, 15) is 19.5 Å². The van der Waals surface area contributed by atoms with Gasteiger partial charge in [0.2, 0.25) is 0 Å². The first kappa shape index (κ1) is 27.4. The van der Waals surface area contributed by atoms with Crippen molar-refractivity contribution in [3.63, 3.8) is 0 Å². The molecule has 0 saturated carbocycles. The summed E-state index contributed by atoms with van der Waals surface area (Å²) in [6.07, 6.45) is 16.9. The predicted molar refractivity (Wildman–Crippen MR) is 111 cm³/mol. The molecular formula is C22H40O7. The number of carboxylic acids is 3. The van der Waals surface area contributed by atoms with Crippen molar-refractivity contribution in [3.05, 3.63) is 0 Å². The highest BCUT2D eigenvalue weighted by molar-refractivity contribution is 6.05. The second-order valence-corrected chi connectivity index (χ2v) is 8.01. The second kappa shape index (κ2) is 16.2. The maximum atomic E-state index is 11.2. The Balaban J connectivity index is 3.78. The van der Waals surface area contributed by atoms with E-state index in [0.717, 1.165) is 19.3 Å². The summed E-state index contributed by atoms with van der Waals surface area (Å²) in [6, 6.07) is 0. The number of carbonyl (C=O) groups is 3. The first-order valence-corrected chi connectivity index (χ1v) is 11.2. The van der Waals surface area contributed by atoms with Crippen LogP contribution in [0.2, 0.25) is 0 Å². The molecule has 0 aromatic heterocycles. The zero-order valence-corrected chi connectivity index (χ0v) is 17.9. The molecule has 0 amide bonds. The average molecular weight is 417 g/mol. The van der Waals surface area contributed by atoms with Crippen molar-refractivity contribution in [2.24, 2.45) is 5.92 Å². The van der Waals surface area contributed by atoms with Gasteiger partial charge in [0.15, 0.2) is 0 Å². The van der Waals surface area contributed by atoms with Crippen LogP contribution in [0.15, 0.2) is 0 Å². The van der Waals surface area contributed by atoms with Gasteiger partial charge in [-0.25, -0.2) is 9.59 Å². The quantitative estimate of drug-likeness (QED) is 0.165. The summed E-state index contributed by atoms with van der Waals surface area (Å²) in [5.74, 6) is -7.56. The lowest BCUT2D eigenvalue weighted by Gasteiger charge is -2.25. The van der Waals surface area contributed by atoms with Crippen LogP contribution in [0.3, 0.4) is 0 Å². The molecule has 4 N–H and O–H groups in total. The van der Waals surface area contributed by atoms with E-state index in [4.69, 9.17) is 15.3 Å². The van der Waals surface area contributed by atoms with E-state index in [1.165, 1.54) is 64.2 Å². The molecule has 0 radical (unpaired) electrons. The molecule has 7 heteroatoms. The lowest BCUT2D eigenvalue weighted by Crippen LogP contribution is -2.55. The van der Waals surface area contributed by atoms with Crippen molar-refractivity contribution in [1.29, 1.82) is 0 Å². The standard InChI is InChI=1S/C22H40O7/c1-2-3-4-5-6-7-8-9-10-11-12-13-14-15-16-17-18(19(23)24)22(29,20(25)26)21(27)28/h18,29H,2-17H2,1H3,(H,23,24)(H,25,26)(H,27,28). The van der Waals surface area contributed by atoms with E-state index in [0.29, 0.717) is 12.8 Å². The Morgan fingerprint density at radius 1 is 0.621 bits per heavy atom. The first-order valence-electron chi connectivity index (χ1n) is 11.2. The molecule has 0 saturated heterocycles. The summed E-state index contributed by atoms with van der Waals surface area (Å²) in [6.45, 7) is 2.23. The van der Waals surface area contributed by atoms with Crippen LogP contribution >= 0.6 is 0 Å². The molecule has 0 heterocycles. The largest absolute Gasteiger partial charge is 0.481 e. The Morgan fingerprint density at radius 2 is 0.931 bits per heavy atom. The molecule has 1 unspecified atom stereocenters. The Labute approximate surface area is 174 Å². The third kappa shape index (κ3) is 11.2. The smallest absolute Gasteiger partial charge is 0.348 e. The van der Waals surface area contributed by atoms with E-state index < -0.39 is 29.4 Å². The molecule has 0 aliphatic rings. The maximum Gasteiger partial charge on any atom is 0.348 e. The molecule has 0 spiro atoms. The summed E-state index contributed by atoms with van der Waals surface area (Å²) in [5, 5.41) is 36.9. The van der Waals surface area contributed by atoms with Gasteiger partial charge in [-0.2, -0.15) is 0 Å². The van der Waals surface area contributed by atoms with Crippen molar-refractivity contribution >= 4 is 17.9 Å². The SMILES string of the molecule is CCCCCCCCCCCCCCCCCC(C(=O)O)C(O)(C(=O)O)C(=O)O. The number of rotatable bonds is 20. The molecule has 7 nitrogen and oxygen atoms in total. The number of hydrogen-bond acceptors (Lipinski definition) is 4. The van der Waals surface area contributed by atoms with Crippen LogP contribution in [-0.2, 0) is 14.4 Å². The predicted octanol–water partition coefficient (Wildman–Crippen LogP) is 4.85. The van der Waals surface area contributed by atoms with Crippen molar-refractivity contribution in [1.82, 2.24) is 0 Å². The Morgan fingerprint density at radius 3 is 1.21 bits per heavy atom. The Kier molecular flexibility index (Phi) is 15.3. The van der Waals surface area contributed by atoms with Gasteiger partial charge in [0.1, 0.15) is 5.92 Å². The zero-order valence-electron chi connectivity index (χ0n) is 17.9. The fourth-order valence-electron chi connectivity index (χ4n) is 3.62. The van der Waals surface area contributed by atoms with Crippen LogP contribution in [0, 0.1) is 5.92 Å². The molecule has 0 aromatic rings. The molecule has 0 aromatic carbocycles. The van der Waals surface area contributed by atoms with Crippen LogP contribution < -0.4 is 0 Å².